The molecule has 12 heavy (non-hydrogen) atoms. The number of hydrogen-bond donors (Lipinski definition) is 0. The van der Waals surface area contributed by atoms with Crippen LogP contribution in [-0.4, -0.2) is 0 Å². The second kappa shape index (κ2) is 2.56. The molecule has 0 bridgehead atoms. The molecule has 0 saturated heterocycles. The van der Waals surface area contributed by atoms with Crippen molar-refractivity contribution >= 4 is 21.4 Å². The van der Waals surface area contributed by atoms with Gasteiger partial charge >= 0.3 is 0 Å². The molecular formula is C10H9FS. The summed E-state index contributed by atoms with van der Waals surface area (Å²) in [5.74, 6) is -0.0987. The molecule has 2 rings (SSSR count). The van der Waals surface area contributed by atoms with E-state index >= 15 is 0 Å². The molecule has 0 fully saturated rings. The Kier molecular flexibility index (Phi) is 1.65. The van der Waals surface area contributed by atoms with Crippen molar-refractivity contribution in [2.24, 2.45) is 0 Å². The molecule has 0 radical (unpaired) electrons. The van der Waals surface area contributed by atoms with Gasteiger partial charge in [-0.25, -0.2) is 4.39 Å². The average molecular weight is 180 g/mol. The Morgan fingerprint density at radius 3 is 2.83 bits per heavy atom. The van der Waals surface area contributed by atoms with Crippen molar-refractivity contribution in [3.63, 3.8) is 0 Å². The van der Waals surface area contributed by atoms with Gasteiger partial charge in [0.2, 0.25) is 0 Å². The first-order chi connectivity index (χ1) is 5.70. The van der Waals surface area contributed by atoms with Gasteiger partial charge in [0, 0.05) is 4.70 Å². The Morgan fingerprint density at radius 1 is 1.33 bits per heavy atom. The van der Waals surface area contributed by atoms with Crippen molar-refractivity contribution in [2.75, 3.05) is 0 Å². The minimum atomic E-state index is -0.0987. The summed E-state index contributed by atoms with van der Waals surface area (Å²) >= 11 is 1.67. The number of thiophene rings is 1. The fourth-order valence-electron chi connectivity index (χ4n) is 1.40. The highest BCUT2D eigenvalue weighted by Gasteiger charge is 2.06. The molecule has 1 aromatic heterocycles. The predicted octanol–water partition coefficient (Wildman–Crippen LogP) is 3.66. The number of benzene rings is 1. The average Bonchev–Trinajstić information content (AvgIpc) is 2.48. The van der Waals surface area contributed by atoms with Crippen LogP contribution in [0.1, 0.15) is 11.1 Å². The topological polar surface area (TPSA) is 0 Å². The third-order valence-corrected chi connectivity index (χ3v) is 3.18. The van der Waals surface area contributed by atoms with Crippen LogP contribution in [0.3, 0.4) is 0 Å². The Labute approximate surface area is 74.6 Å². The van der Waals surface area contributed by atoms with Crippen LogP contribution in [0.4, 0.5) is 4.39 Å². The third kappa shape index (κ3) is 0.950. The molecule has 0 saturated carbocycles. The maximum absolute atomic E-state index is 13.2. The fraction of sp³-hybridized carbons (Fsp3) is 0.200. The van der Waals surface area contributed by atoms with Gasteiger partial charge in [-0.05, 0) is 47.9 Å². The van der Waals surface area contributed by atoms with E-state index in [2.05, 4.69) is 0 Å². The first-order valence-corrected chi connectivity index (χ1v) is 4.71. The third-order valence-electron chi connectivity index (χ3n) is 2.13. The second-order valence-electron chi connectivity index (χ2n) is 2.96. The van der Waals surface area contributed by atoms with E-state index in [0.717, 1.165) is 16.5 Å². The van der Waals surface area contributed by atoms with Crippen molar-refractivity contribution < 1.29 is 4.39 Å². The van der Waals surface area contributed by atoms with Gasteiger partial charge in [-0.1, -0.05) is 0 Å². The van der Waals surface area contributed by atoms with Crippen molar-refractivity contribution in [3.05, 3.63) is 34.5 Å². The zero-order chi connectivity index (χ0) is 8.72. The molecular weight excluding hydrogens is 171 g/mol. The highest BCUT2D eigenvalue weighted by Crippen LogP contribution is 2.28. The number of hydrogen-bond acceptors (Lipinski definition) is 1. The van der Waals surface area contributed by atoms with Gasteiger partial charge < -0.3 is 0 Å². The molecule has 1 heterocycles. The Balaban J connectivity index is 2.97. The Hall–Kier alpha value is -0.890. The number of rotatable bonds is 0. The van der Waals surface area contributed by atoms with Gasteiger partial charge in [-0.2, -0.15) is 0 Å². The summed E-state index contributed by atoms with van der Waals surface area (Å²) in [5.41, 5.74) is 1.79. The molecule has 62 valence electrons. The standard InChI is InChI=1S/C10H9FS/c1-6-5-9(11)7(2)8-3-4-12-10(6)8/h3-5H,1-2H3. The maximum atomic E-state index is 13.2. The molecule has 0 N–H and O–H groups in total. The van der Waals surface area contributed by atoms with Crippen LogP contribution < -0.4 is 0 Å². The van der Waals surface area contributed by atoms with E-state index in [-0.39, 0.29) is 5.82 Å². The number of aryl methyl sites for hydroxylation is 2. The van der Waals surface area contributed by atoms with Gasteiger partial charge in [0.15, 0.2) is 0 Å². The molecule has 1 aromatic carbocycles. The maximum Gasteiger partial charge on any atom is 0.127 e. The normalized spacial score (nSPS) is 10.9. The van der Waals surface area contributed by atoms with Gasteiger partial charge in [-0.15, -0.1) is 11.3 Å². The fourth-order valence-corrected chi connectivity index (χ4v) is 2.34. The molecule has 0 spiro atoms. The Morgan fingerprint density at radius 2 is 2.08 bits per heavy atom. The van der Waals surface area contributed by atoms with Crippen LogP contribution in [0.2, 0.25) is 0 Å². The van der Waals surface area contributed by atoms with E-state index in [0.29, 0.717) is 0 Å². The largest absolute Gasteiger partial charge is 0.207 e. The summed E-state index contributed by atoms with van der Waals surface area (Å²) in [6.45, 7) is 3.77. The minimum Gasteiger partial charge on any atom is -0.207 e. The van der Waals surface area contributed by atoms with Crippen LogP contribution in [0, 0.1) is 19.7 Å². The first kappa shape index (κ1) is 7.74. The predicted molar refractivity (Wildman–Crippen MR) is 51.3 cm³/mol. The zero-order valence-electron chi connectivity index (χ0n) is 7.02. The van der Waals surface area contributed by atoms with Crippen molar-refractivity contribution in [3.8, 4) is 0 Å². The van der Waals surface area contributed by atoms with Crippen LogP contribution in [0.15, 0.2) is 17.5 Å². The summed E-state index contributed by atoms with van der Waals surface area (Å²) in [6, 6.07) is 3.58. The highest BCUT2D eigenvalue weighted by molar-refractivity contribution is 7.17. The van der Waals surface area contributed by atoms with E-state index in [1.54, 1.807) is 17.4 Å². The van der Waals surface area contributed by atoms with Crippen LogP contribution in [0.25, 0.3) is 10.1 Å². The quantitative estimate of drug-likeness (QED) is 0.580. The monoisotopic (exact) mass is 180 g/mol. The minimum absolute atomic E-state index is 0.0987. The van der Waals surface area contributed by atoms with Gasteiger partial charge in [0.25, 0.3) is 0 Å². The highest BCUT2D eigenvalue weighted by atomic mass is 32.1. The second-order valence-corrected chi connectivity index (χ2v) is 3.88. The SMILES string of the molecule is Cc1c(F)cc(C)c2sccc12. The lowest BCUT2D eigenvalue weighted by Crippen LogP contribution is -1.84. The van der Waals surface area contributed by atoms with E-state index in [9.17, 15) is 4.39 Å². The first-order valence-electron chi connectivity index (χ1n) is 3.83. The lowest BCUT2D eigenvalue weighted by Gasteiger charge is -2.01. The molecule has 2 heteroatoms. The van der Waals surface area contributed by atoms with Gasteiger partial charge in [-0.3, -0.25) is 0 Å². The van der Waals surface area contributed by atoms with E-state index in [4.69, 9.17) is 0 Å². The van der Waals surface area contributed by atoms with E-state index in [1.165, 1.54) is 4.70 Å². The molecule has 0 aliphatic carbocycles. The summed E-state index contributed by atoms with van der Waals surface area (Å²) < 4.78 is 14.4. The summed E-state index contributed by atoms with van der Waals surface area (Å²) in [6.07, 6.45) is 0. The van der Waals surface area contributed by atoms with Crippen LogP contribution in [-0.2, 0) is 0 Å². The van der Waals surface area contributed by atoms with Crippen molar-refractivity contribution in [2.45, 2.75) is 13.8 Å². The molecule has 0 aliphatic heterocycles. The molecule has 0 aliphatic rings. The smallest absolute Gasteiger partial charge is 0.127 e. The summed E-state index contributed by atoms with van der Waals surface area (Å²) in [4.78, 5) is 0. The van der Waals surface area contributed by atoms with Crippen molar-refractivity contribution in [1.29, 1.82) is 0 Å². The lowest BCUT2D eigenvalue weighted by molar-refractivity contribution is 0.620. The zero-order valence-corrected chi connectivity index (χ0v) is 7.83. The summed E-state index contributed by atoms with van der Waals surface area (Å²) in [7, 11) is 0. The van der Waals surface area contributed by atoms with Crippen molar-refractivity contribution in [1.82, 2.24) is 0 Å². The number of halogens is 1. The molecule has 0 unspecified atom stereocenters. The van der Waals surface area contributed by atoms with Gasteiger partial charge in [0.05, 0.1) is 0 Å². The molecule has 0 amide bonds. The molecule has 0 atom stereocenters. The molecule has 2 aromatic rings. The van der Waals surface area contributed by atoms with E-state index < -0.39 is 0 Å². The van der Waals surface area contributed by atoms with Gasteiger partial charge in [0.1, 0.15) is 5.82 Å². The molecule has 0 nitrogen and oxygen atoms in total. The lowest BCUT2D eigenvalue weighted by atomic mass is 10.1. The summed E-state index contributed by atoms with van der Waals surface area (Å²) in [5, 5.41) is 3.06. The number of fused-ring (bicyclic) bond motifs is 1. The Bertz CT molecular complexity index is 429. The van der Waals surface area contributed by atoms with E-state index in [1.807, 2.05) is 25.3 Å². The van der Waals surface area contributed by atoms with Crippen LogP contribution in [0.5, 0.6) is 0 Å². The van der Waals surface area contributed by atoms with Crippen LogP contribution >= 0.6 is 11.3 Å².